The summed E-state index contributed by atoms with van der Waals surface area (Å²) in [6, 6.07) is 7.50. The number of fused-ring (bicyclic) bond motifs is 1. The summed E-state index contributed by atoms with van der Waals surface area (Å²) in [7, 11) is 0. The summed E-state index contributed by atoms with van der Waals surface area (Å²) in [4.78, 5) is 0. The molecule has 3 heteroatoms. The number of hydrogen-bond donors (Lipinski definition) is 2. The molecule has 1 aliphatic rings. The van der Waals surface area contributed by atoms with Crippen LogP contribution in [0.15, 0.2) is 18.2 Å². The summed E-state index contributed by atoms with van der Waals surface area (Å²) >= 11 is 0. The summed E-state index contributed by atoms with van der Waals surface area (Å²) in [5.41, 5.74) is 1.58. The first-order valence-corrected chi connectivity index (χ1v) is 4.64. The molecule has 14 heavy (non-hydrogen) atoms. The second-order valence-corrected chi connectivity index (χ2v) is 3.73. The van der Waals surface area contributed by atoms with Gasteiger partial charge in [0.15, 0.2) is 5.60 Å². The molecular formula is C11H12N2O. The minimum Gasteiger partial charge on any atom is -0.384 e. The number of benzene rings is 1. The molecule has 0 fully saturated rings. The maximum absolute atomic E-state index is 9.74. The van der Waals surface area contributed by atoms with Gasteiger partial charge in [0.25, 0.3) is 0 Å². The van der Waals surface area contributed by atoms with Gasteiger partial charge in [-0.1, -0.05) is 6.07 Å². The highest BCUT2D eigenvalue weighted by molar-refractivity contribution is 5.57. The Morgan fingerprint density at radius 2 is 2.36 bits per heavy atom. The highest BCUT2D eigenvalue weighted by Gasteiger charge is 2.23. The van der Waals surface area contributed by atoms with E-state index in [0.29, 0.717) is 5.56 Å². The molecule has 0 radical (unpaired) electrons. The molecule has 0 amide bonds. The minimum absolute atomic E-state index is 0.669. The molecule has 1 heterocycles. The van der Waals surface area contributed by atoms with Crippen LogP contribution in [0.1, 0.15) is 18.1 Å². The Hall–Kier alpha value is -1.53. The Morgan fingerprint density at radius 1 is 1.57 bits per heavy atom. The molecule has 1 aromatic carbocycles. The average Bonchev–Trinajstić information content (AvgIpc) is 2.64. The molecule has 2 rings (SSSR count). The number of nitrogens with one attached hydrogen (secondary N) is 1. The van der Waals surface area contributed by atoms with Gasteiger partial charge in [-0.25, -0.2) is 0 Å². The number of nitrogens with zero attached hydrogens (tertiary/aromatic N) is 1. The van der Waals surface area contributed by atoms with Gasteiger partial charge in [-0.3, -0.25) is 0 Å². The van der Waals surface area contributed by atoms with Crippen molar-refractivity contribution in [3.8, 4) is 6.07 Å². The second kappa shape index (κ2) is 3.00. The highest BCUT2D eigenvalue weighted by Crippen LogP contribution is 2.28. The lowest BCUT2D eigenvalue weighted by molar-refractivity contribution is 0.119. The van der Waals surface area contributed by atoms with Crippen molar-refractivity contribution in [2.24, 2.45) is 0 Å². The Balaban J connectivity index is 2.44. The first-order valence-electron chi connectivity index (χ1n) is 4.64. The van der Waals surface area contributed by atoms with Gasteiger partial charge in [0.05, 0.1) is 0 Å². The SMILES string of the molecule is CC(O)(C#N)c1ccc2c(c1)CCN2. The van der Waals surface area contributed by atoms with Crippen molar-refractivity contribution < 1.29 is 5.11 Å². The van der Waals surface area contributed by atoms with Crippen molar-refractivity contribution in [3.63, 3.8) is 0 Å². The quantitative estimate of drug-likeness (QED) is 0.655. The van der Waals surface area contributed by atoms with Crippen LogP contribution in [0.3, 0.4) is 0 Å². The van der Waals surface area contributed by atoms with E-state index < -0.39 is 5.60 Å². The van der Waals surface area contributed by atoms with Crippen LogP contribution in [0.2, 0.25) is 0 Å². The standard InChI is InChI=1S/C11H12N2O/c1-11(14,7-12)9-2-3-10-8(6-9)4-5-13-10/h2-3,6,13-14H,4-5H2,1H3. The zero-order valence-corrected chi connectivity index (χ0v) is 8.04. The lowest BCUT2D eigenvalue weighted by Crippen LogP contribution is -2.18. The van der Waals surface area contributed by atoms with E-state index in [0.717, 1.165) is 18.7 Å². The molecule has 72 valence electrons. The maximum atomic E-state index is 9.74. The van der Waals surface area contributed by atoms with Crippen LogP contribution in [-0.4, -0.2) is 11.7 Å². The fraction of sp³-hybridized carbons (Fsp3) is 0.364. The maximum Gasteiger partial charge on any atom is 0.173 e. The Morgan fingerprint density at radius 3 is 3.07 bits per heavy atom. The third-order valence-electron chi connectivity index (χ3n) is 2.59. The van der Waals surface area contributed by atoms with Gasteiger partial charge < -0.3 is 10.4 Å². The summed E-state index contributed by atoms with van der Waals surface area (Å²) < 4.78 is 0. The molecule has 0 aliphatic carbocycles. The van der Waals surface area contributed by atoms with E-state index in [2.05, 4.69) is 5.32 Å². The first-order chi connectivity index (χ1) is 6.63. The number of nitriles is 1. The molecule has 0 saturated carbocycles. The Bertz CT molecular complexity index is 404. The van der Waals surface area contributed by atoms with E-state index >= 15 is 0 Å². The third-order valence-corrected chi connectivity index (χ3v) is 2.59. The van der Waals surface area contributed by atoms with Crippen LogP contribution in [0.25, 0.3) is 0 Å². The van der Waals surface area contributed by atoms with Gasteiger partial charge in [-0.2, -0.15) is 5.26 Å². The zero-order chi connectivity index (χ0) is 10.2. The van der Waals surface area contributed by atoms with Crippen molar-refractivity contribution in [1.29, 1.82) is 5.26 Å². The Kier molecular flexibility index (Phi) is 1.94. The van der Waals surface area contributed by atoms with E-state index in [9.17, 15) is 5.11 Å². The van der Waals surface area contributed by atoms with Gasteiger partial charge in [0, 0.05) is 12.2 Å². The van der Waals surface area contributed by atoms with Crippen LogP contribution in [-0.2, 0) is 12.0 Å². The molecule has 0 bridgehead atoms. The van der Waals surface area contributed by atoms with E-state index in [1.165, 1.54) is 12.5 Å². The van der Waals surface area contributed by atoms with Crippen LogP contribution in [0, 0.1) is 11.3 Å². The molecule has 1 unspecified atom stereocenters. The van der Waals surface area contributed by atoms with Crippen LogP contribution in [0.4, 0.5) is 5.69 Å². The average molecular weight is 188 g/mol. The zero-order valence-electron chi connectivity index (χ0n) is 8.04. The predicted octanol–water partition coefficient (Wildman–Crippen LogP) is 1.39. The second-order valence-electron chi connectivity index (χ2n) is 3.73. The van der Waals surface area contributed by atoms with Crippen LogP contribution >= 0.6 is 0 Å². The van der Waals surface area contributed by atoms with Crippen molar-refractivity contribution in [2.75, 3.05) is 11.9 Å². The van der Waals surface area contributed by atoms with Crippen LogP contribution < -0.4 is 5.32 Å². The summed E-state index contributed by atoms with van der Waals surface area (Å²) in [6.45, 7) is 2.45. The molecule has 0 spiro atoms. The summed E-state index contributed by atoms with van der Waals surface area (Å²) in [5.74, 6) is 0. The van der Waals surface area contributed by atoms with Gasteiger partial charge in [0.2, 0.25) is 0 Å². The monoisotopic (exact) mass is 188 g/mol. The number of rotatable bonds is 1. The normalized spacial score (nSPS) is 17.8. The topological polar surface area (TPSA) is 56.0 Å². The van der Waals surface area contributed by atoms with Gasteiger partial charge in [-0.05, 0) is 36.6 Å². The molecule has 1 aromatic rings. The number of anilines is 1. The van der Waals surface area contributed by atoms with E-state index in [-0.39, 0.29) is 0 Å². The summed E-state index contributed by atoms with van der Waals surface area (Å²) in [6.07, 6.45) is 0.963. The Labute approximate surface area is 83.0 Å². The fourth-order valence-corrected chi connectivity index (χ4v) is 1.67. The van der Waals surface area contributed by atoms with E-state index in [4.69, 9.17) is 5.26 Å². The van der Waals surface area contributed by atoms with Gasteiger partial charge in [-0.15, -0.1) is 0 Å². The fourth-order valence-electron chi connectivity index (χ4n) is 1.67. The molecule has 3 nitrogen and oxygen atoms in total. The van der Waals surface area contributed by atoms with Crippen LogP contribution in [0.5, 0.6) is 0 Å². The van der Waals surface area contributed by atoms with Crippen molar-refractivity contribution in [1.82, 2.24) is 0 Å². The molecule has 2 N–H and O–H groups in total. The van der Waals surface area contributed by atoms with E-state index in [1.807, 2.05) is 18.2 Å². The molecular weight excluding hydrogens is 176 g/mol. The molecule has 0 saturated heterocycles. The lowest BCUT2D eigenvalue weighted by atomic mass is 9.95. The number of aliphatic hydroxyl groups is 1. The minimum atomic E-state index is -1.38. The van der Waals surface area contributed by atoms with Crippen molar-refractivity contribution in [2.45, 2.75) is 18.9 Å². The first kappa shape index (κ1) is 9.04. The molecule has 1 atom stereocenters. The van der Waals surface area contributed by atoms with Gasteiger partial charge >= 0.3 is 0 Å². The van der Waals surface area contributed by atoms with E-state index in [1.54, 1.807) is 6.07 Å². The lowest BCUT2D eigenvalue weighted by Gasteiger charge is -2.15. The largest absolute Gasteiger partial charge is 0.384 e. The molecule has 1 aliphatic heterocycles. The number of hydrogen-bond acceptors (Lipinski definition) is 3. The molecule has 0 aromatic heterocycles. The summed E-state index contributed by atoms with van der Waals surface area (Å²) in [5, 5.41) is 21.8. The van der Waals surface area contributed by atoms with Gasteiger partial charge in [0.1, 0.15) is 6.07 Å². The third kappa shape index (κ3) is 1.34. The van der Waals surface area contributed by atoms with Crippen molar-refractivity contribution in [3.05, 3.63) is 29.3 Å². The highest BCUT2D eigenvalue weighted by atomic mass is 16.3. The smallest absolute Gasteiger partial charge is 0.173 e. The van der Waals surface area contributed by atoms with Crippen molar-refractivity contribution >= 4 is 5.69 Å². The predicted molar refractivity (Wildman–Crippen MR) is 53.8 cm³/mol.